The van der Waals surface area contributed by atoms with E-state index in [9.17, 15) is 4.79 Å². The second kappa shape index (κ2) is 7.00. The summed E-state index contributed by atoms with van der Waals surface area (Å²) in [4.78, 5) is 13.8. The van der Waals surface area contributed by atoms with Gasteiger partial charge in [-0.05, 0) is 25.2 Å². The summed E-state index contributed by atoms with van der Waals surface area (Å²) in [7, 11) is 1.88. The number of rotatable bonds is 6. The molecule has 0 rings (SSSR count). The second-order valence-electron chi connectivity index (χ2n) is 6.37. The molecular weight excluding hydrogens is 212 g/mol. The molecule has 0 aliphatic rings. The minimum Gasteiger partial charge on any atom is -0.343 e. The molecule has 2 atom stereocenters. The number of nitrogens with two attached hydrogens (primary N) is 1. The maximum atomic E-state index is 12.0. The molecule has 2 unspecified atom stereocenters. The van der Waals surface area contributed by atoms with Crippen LogP contribution in [0.1, 0.15) is 60.3 Å². The lowest BCUT2D eigenvalue weighted by Crippen LogP contribution is -2.39. The van der Waals surface area contributed by atoms with Crippen molar-refractivity contribution < 1.29 is 4.79 Å². The van der Waals surface area contributed by atoms with E-state index in [0.29, 0.717) is 12.5 Å². The zero-order chi connectivity index (χ0) is 13.6. The molecule has 0 radical (unpaired) electrons. The van der Waals surface area contributed by atoms with Crippen molar-refractivity contribution in [3.05, 3.63) is 0 Å². The van der Waals surface area contributed by atoms with E-state index < -0.39 is 0 Å². The zero-order valence-electron chi connectivity index (χ0n) is 12.4. The van der Waals surface area contributed by atoms with E-state index in [1.165, 1.54) is 0 Å². The van der Waals surface area contributed by atoms with Gasteiger partial charge in [0, 0.05) is 25.6 Å². The standard InChI is InChI=1S/C14H30N2O/c1-7-8-11(2)16(6)13(17)9-12(15)10-14(3,4)5/h11-12H,7-10,15H2,1-6H3. The van der Waals surface area contributed by atoms with Crippen molar-refractivity contribution in [1.29, 1.82) is 0 Å². The smallest absolute Gasteiger partial charge is 0.224 e. The minimum absolute atomic E-state index is 0.0289. The van der Waals surface area contributed by atoms with Gasteiger partial charge in [-0.3, -0.25) is 4.79 Å². The van der Waals surface area contributed by atoms with Crippen LogP contribution in [-0.2, 0) is 4.79 Å². The third-order valence-corrected chi connectivity index (χ3v) is 3.07. The van der Waals surface area contributed by atoms with Gasteiger partial charge in [0.1, 0.15) is 0 Å². The Morgan fingerprint density at radius 3 is 2.29 bits per heavy atom. The summed E-state index contributed by atoms with van der Waals surface area (Å²) >= 11 is 0. The van der Waals surface area contributed by atoms with E-state index in [-0.39, 0.29) is 17.4 Å². The van der Waals surface area contributed by atoms with Crippen molar-refractivity contribution >= 4 is 5.91 Å². The highest BCUT2D eigenvalue weighted by Crippen LogP contribution is 2.21. The fourth-order valence-corrected chi connectivity index (χ4v) is 2.08. The fourth-order valence-electron chi connectivity index (χ4n) is 2.08. The summed E-state index contributed by atoms with van der Waals surface area (Å²) in [5, 5.41) is 0. The van der Waals surface area contributed by atoms with Gasteiger partial charge in [-0.1, -0.05) is 34.1 Å². The molecule has 102 valence electrons. The normalized spacial score (nSPS) is 15.5. The molecule has 0 bridgehead atoms. The Bertz CT molecular complexity index is 233. The summed E-state index contributed by atoms with van der Waals surface area (Å²) in [5.41, 5.74) is 6.21. The van der Waals surface area contributed by atoms with Crippen LogP contribution in [0.25, 0.3) is 0 Å². The lowest BCUT2D eigenvalue weighted by atomic mass is 9.87. The molecule has 17 heavy (non-hydrogen) atoms. The average molecular weight is 242 g/mol. The molecule has 0 fully saturated rings. The van der Waals surface area contributed by atoms with E-state index in [1.807, 2.05) is 11.9 Å². The Kier molecular flexibility index (Phi) is 6.76. The molecule has 0 saturated carbocycles. The molecular formula is C14H30N2O. The second-order valence-corrected chi connectivity index (χ2v) is 6.37. The Morgan fingerprint density at radius 2 is 1.88 bits per heavy atom. The minimum atomic E-state index is -0.0289. The van der Waals surface area contributed by atoms with Crippen LogP contribution < -0.4 is 5.73 Å². The first-order valence-corrected chi connectivity index (χ1v) is 6.68. The lowest BCUT2D eigenvalue weighted by molar-refractivity contribution is -0.132. The van der Waals surface area contributed by atoms with Gasteiger partial charge >= 0.3 is 0 Å². The maximum absolute atomic E-state index is 12.0. The largest absolute Gasteiger partial charge is 0.343 e. The number of hydrogen-bond donors (Lipinski definition) is 1. The van der Waals surface area contributed by atoms with Crippen LogP contribution in [0.2, 0.25) is 0 Å². The molecule has 0 saturated heterocycles. The third-order valence-electron chi connectivity index (χ3n) is 3.07. The highest BCUT2D eigenvalue weighted by molar-refractivity contribution is 5.76. The molecule has 0 heterocycles. The van der Waals surface area contributed by atoms with Crippen LogP contribution in [0.5, 0.6) is 0 Å². The van der Waals surface area contributed by atoms with Gasteiger partial charge in [0.2, 0.25) is 5.91 Å². The molecule has 1 amide bonds. The van der Waals surface area contributed by atoms with Crippen LogP contribution >= 0.6 is 0 Å². The van der Waals surface area contributed by atoms with Gasteiger partial charge < -0.3 is 10.6 Å². The summed E-state index contributed by atoms with van der Waals surface area (Å²) in [6.45, 7) is 10.7. The molecule has 3 heteroatoms. The summed E-state index contributed by atoms with van der Waals surface area (Å²) < 4.78 is 0. The summed E-state index contributed by atoms with van der Waals surface area (Å²) in [6.07, 6.45) is 3.50. The molecule has 3 nitrogen and oxygen atoms in total. The van der Waals surface area contributed by atoms with Crippen LogP contribution in [0.15, 0.2) is 0 Å². The predicted molar refractivity (Wildman–Crippen MR) is 73.8 cm³/mol. The van der Waals surface area contributed by atoms with E-state index in [2.05, 4.69) is 34.6 Å². The van der Waals surface area contributed by atoms with E-state index in [4.69, 9.17) is 5.73 Å². The first-order valence-electron chi connectivity index (χ1n) is 6.68. The van der Waals surface area contributed by atoms with E-state index in [1.54, 1.807) is 0 Å². The van der Waals surface area contributed by atoms with Gasteiger partial charge in [0.25, 0.3) is 0 Å². The van der Waals surface area contributed by atoms with Crippen LogP contribution in [0.3, 0.4) is 0 Å². The Hall–Kier alpha value is -0.570. The Morgan fingerprint density at radius 1 is 1.35 bits per heavy atom. The number of amides is 1. The maximum Gasteiger partial charge on any atom is 0.224 e. The predicted octanol–water partition coefficient (Wildman–Crippen LogP) is 2.79. The molecule has 0 aromatic carbocycles. The third kappa shape index (κ3) is 7.37. The van der Waals surface area contributed by atoms with Crippen LogP contribution in [0, 0.1) is 5.41 Å². The van der Waals surface area contributed by atoms with Gasteiger partial charge in [-0.15, -0.1) is 0 Å². The van der Waals surface area contributed by atoms with Gasteiger partial charge in [-0.25, -0.2) is 0 Å². The monoisotopic (exact) mass is 242 g/mol. The molecule has 0 aliphatic heterocycles. The topological polar surface area (TPSA) is 46.3 Å². The highest BCUT2D eigenvalue weighted by Gasteiger charge is 2.21. The first kappa shape index (κ1) is 16.4. The Balaban J connectivity index is 4.16. The zero-order valence-corrected chi connectivity index (χ0v) is 12.4. The summed E-state index contributed by atoms with van der Waals surface area (Å²) in [6, 6.07) is 0.285. The van der Waals surface area contributed by atoms with Crippen molar-refractivity contribution in [2.45, 2.75) is 72.4 Å². The van der Waals surface area contributed by atoms with Crippen molar-refractivity contribution in [2.75, 3.05) is 7.05 Å². The lowest BCUT2D eigenvalue weighted by Gasteiger charge is -2.28. The number of hydrogen-bond acceptors (Lipinski definition) is 2. The quantitative estimate of drug-likeness (QED) is 0.778. The van der Waals surface area contributed by atoms with Crippen molar-refractivity contribution in [2.24, 2.45) is 11.1 Å². The van der Waals surface area contributed by atoms with Crippen molar-refractivity contribution in [1.82, 2.24) is 4.90 Å². The van der Waals surface area contributed by atoms with Crippen molar-refractivity contribution in [3.8, 4) is 0 Å². The van der Waals surface area contributed by atoms with E-state index >= 15 is 0 Å². The number of carbonyl (C=O) groups is 1. The number of nitrogens with zero attached hydrogens (tertiary/aromatic N) is 1. The van der Waals surface area contributed by atoms with Crippen LogP contribution in [0.4, 0.5) is 0 Å². The van der Waals surface area contributed by atoms with Gasteiger partial charge in [0.05, 0.1) is 0 Å². The average Bonchev–Trinajstić information content (AvgIpc) is 2.13. The van der Waals surface area contributed by atoms with Crippen molar-refractivity contribution in [3.63, 3.8) is 0 Å². The Labute approximate surface area is 107 Å². The SMILES string of the molecule is CCCC(C)N(C)C(=O)CC(N)CC(C)(C)C. The van der Waals surface area contributed by atoms with Gasteiger partial charge in [0.15, 0.2) is 0 Å². The van der Waals surface area contributed by atoms with E-state index in [0.717, 1.165) is 19.3 Å². The molecule has 2 N–H and O–H groups in total. The first-order chi connectivity index (χ1) is 7.67. The molecule has 0 aromatic rings. The van der Waals surface area contributed by atoms with Crippen LogP contribution in [-0.4, -0.2) is 29.9 Å². The highest BCUT2D eigenvalue weighted by atomic mass is 16.2. The fraction of sp³-hybridized carbons (Fsp3) is 0.929. The molecule has 0 spiro atoms. The molecule has 0 aliphatic carbocycles. The molecule has 0 aromatic heterocycles. The van der Waals surface area contributed by atoms with Gasteiger partial charge in [-0.2, -0.15) is 0 Å². The number of carbonyl (C=O) groups excluding carboxylic acids is 1. The summed E-state index contributed by atoms with van der Waals surface area (Å²) in [5.74, 6) is 0.169.